The molecule has 0 atom stereocenters. The predicted octanol–water partition coefficient (Wildman–Crippen LogP) is 2.40. The van der Waals surface area contributed by atoms with Gasteiger partial charge < -0.3 is 4.90 Å². The molecule has 1 saturated heterocycles. The Morgan fingerprint density at radius 1 is 1.29 bits per heavy atom. The Morgan fingerprint density at radius 2 is 2.10 bits per heavy atom. The van der Waals surface area contributed by atoms with Crippen LogP contribution in [0, 0.1) is 12.3 Å². The van der Waals surface area contributed by atoms with Crippen molar-refractivity contribution < 1.29 is 0 Å². The first-order valence-corrected chi connectivity index (χ1v) is 8.27. The van der Waals surface area contributed by atoms with Crippen LogP contribution in [-0.2, 0) is 6.42 Å². The van der Waals surface area contributed by atoms with Crippen LogP contribution in [0.3, 0.4) is 0 Å². The molecule has 0 aromatic carbocycles. The number of rotatable bonds is 4. The predicted molar refractivity (Wildman–Crippen MR) is 88.9 cm³/mol. The van der Waals surface area contributed by atoms with E-state index in [2.05, 4.69) is 38.7 Å². The average Bonchev–Trinajstić information content (AvgIpc) is 2.96. The summed E-state index contributed by atoms with van der Waals surface area (Å²) in [4.78, 5) is 16.2. The zero-order chi connectivity index (χ0) is 14.7. The molecule has 0 spiro atoms. The summed E-state index contributed by atoms with van der Waals surface area (Å²) in [6.45, 7) is 7.31. The van der Waals surface area contributed by atoms with E-state index in [0.717, 1.165) is 56.2 Å². The second-order valence-electron chi connectivity index (χ2n) is 5.27. The van der Waals surface area contributed by atoms with Gasteiger partial charge in [-0.1, -0.05) is 6.92 Å². The Bertz CT molecular complexity index is 650. The molecule has 0 saturated carbocycles. The molecular formula is C16H20N4S. The molecule has 0 amide bonds. The molecule has 0 N–H and O–H groups in total. The van der Waals surface area contributed by atoms with Crippen LogP contribution in [0.5, 0.6) is 0 Å². The van der Waals surface area contributed by atoms with Crippen LogP contribution in [0.4, 0.5) is 5.82 Å². The van der Waals surface area contributed by atoms with Crippen molar-refractivity contribution in [3.63, 3.8) is 0 Å². The Kier molecular flexibility index (Phi) is 4.37. The van der Waals surface area contributed by atoms with Crippen LogP contribution in [-0.4, -0.2) is 47.6 Å². The van der Waals surface area contributed by atoms with Crippen molar-refractivity contribution in [3.05, 3.63) is 17.3 Å². The van der Waals surface area contributed by atoms with E-state index in [9.17, 15) is 0 Å². The number of thiophene rings is 1. The molecule has 4 nitrogen and oxygen atoms in total. The Hall–Kier alpha value is -1.64. The van der Waals surface area contributed by atoms with Crippen molar-refractivity contribution in [2.24, 2.45) is 0 Å². The van der Waals surface area contributed by atoms with Crippen molar-refractivity contribution in [2.45, 2.75) is 19.8 Å². The number of anilines is 1. The normalized spacial score (nSPS) is 16.3. The smallest absolute Gasteiger partial charge is 0.140 e. The van der Waals surface area contributed by atoms with Crippen molar-refractivity contribution in [1.29, 1.82) is 0 Å². The van der Waals surface area contributed by atoms with Gasteiger partial charge in [0.05, 0.1) is 5.39 Å². The number of aromatic nitrogens is 2. The van der Waals surface area contributed by atoms with E-state index < -0.39 is 0 Å². The second kappa shape index (κ2) is 6.42. The highest BCUT2D eigenvalue weighted by molar-refractivity contribution is 7.18. The van der Waals surface area contributed by atoms with Gasteiger partial charge >= 0.3 is 0 Å². The van der Waals surface area contributed by atoms with E-state index >= 15 is 0 Å². The maximum atomic E-state index is 5.34. The van der Waals surface area contributed by atoms with Crippen molar-refractivity contribution in [2.75, 3.05) is 37.6 Å². The number of hydrogen-bond donors (Lipinski definition) is 0. The fourth-order valence-electron chi connectivity index (χ4n) is 2.73. The van der Waals surface area contributed by atoms with Gasteiger partial charge in [0.2, 0.25) is 0 Å². The Labute approximate surface area is 129 Å². The van der Waals surface area contributed by atoms with Gasteiger partial charge in [-0.15, -0.1) is 23.7 Å². The molecule has 2 aromatic rings. The minimum atomic E-state index is 0.835. The molecule has 0 bridgehead atoms. The van der Waals surface area contributed by atoms with E-state index in [4.69, 9.17) is 6.42 Å². The zero-order valence-corrected chi connectivity index (χ0v) is 13.2. The van der Waals surface area contributed by atoms with Crippen LogP contribution < -0.4 is 4.90 Å². The summed E-state index contributed by atoms with van der Waals surface area (Å²) in [5, 5.41) is 1.21. The first-order chi connectivity index (χ1) is 10.3. The molecule has 5 heteroatoms. The molecule has 3 rings (SSSR count). The van der Waals surface area contributed by atoms with E-state index in [-0.39, 0.29) is 0 Å². The van der Waals surface area contributed by atoms with E-state index in [0.29, 0.717) is 0 Å². The van der Waals surface area contributed by atoms with E-state index in [1.54, 1.807) is 17.7 Å². The summed E-state index contributed by atoms with van der Waals surface area (Å²) in [5.74, 6) is 3.81. The lowest BCUT2D eigenvalue weighted by Gasteiger charge is -2.35. The summed E-state index contributed by atoms with van der Waals surface area (Å²) in [7, 11) is 0. The third kappa shape index (κ3) is 3.02. The largest absolute Gasteiger partial charge is 0.353 e. The van der Waals surface area contributed by atoms with Crippen molar-refractivity contribution in [1.82, 2.24) is 14.9 Å². The lowest BCUT2D eigenvalue weighted by Crippen LogP contribution is -2.46. The number of hydrogen-bond acceptors (Lipinski definition) is 5. The van der Waals surface area contributed by atoms with Crippen LogP contribution in [0.25, 0.3) is 10.2 Å². The summed E-state index contributed by atoms with van der Waals surface area (Å²) in [5.41, 5.74) is 0. The van der Waals surface area contributed by atoms with E-state index in [1.807, 2.05) is 0 Å². The third-order valence-electron chi connectivity index (χ3n) is 3.95. The van der Waals surface area contributed by atoms with Crippen LogP contribution in [0.2, 0.25) is 0 Å². The lowest BCUT2D eigenvalue weighted by atomic mass is 10.2. The molecule has 3 heterocycles. The molecule has 21 heavy (non-hydrogen) atoms. The molecule has 1 aliphatic rings. The minimum Gasteiger partial charge on any atom is -0.353 e. The third-order valence-corrected chi connectivity index (χ3v) is 5.14. The standard InChI is InChI=1S/C16H20N4S/c1-3-5-6-19-7-9-20(10-8-19)15-14-11-13(4-2)21-16(14)18-12-17-15/h1,11-12H,4-10H2,2H3. The second-order valence-corrected chi connectivity index (χ2v) is 6.38. The van der Waals surface area contributed by atoms with E-state index in [1.165, 1.54) is 10.3 Å². The zero-order valence-electron chi connectivity index (χ0n) is 12.4. The maximum Gasteiger partial charge on any atom is 0.140 e. The van der Waals surface area contributed by atoms with Gasteiger partial charge in [0.1, 0.15) is 17.0 Å². The monoisotopic (exact) mass is 300 g/mol. The first-order valence-electron chi connectivity index (χ1n) is 7.46. The summed E-state index contributed by atoms with van der Waals surface area (Å²) < 4.78 is 0. The quantitative estimate of drug-likeness (QED) is 0.812. The highest BCUT2D eigenvalue weighted by Crippen LogP contribution is 2.30. The average molecular weight is 300 g/mol. The molecule has 0 unspecified atom stereocenters. The van der Waals surface area contributed by atoms with Crippen LogP contribution in [0.15, 0.2) is 12.4 Å². The minimum absolute atomic E-state index is 0.835. The number of aryl methyl sites for hydroxylation is 1. The maximum absolute atomic E-state index is 5.34. The first kappa shape index (κ1) is 14.3. The molecular weight excluding hydrogens is 280 g/mol. The van der Waals surface area contributed by atoms with Crippen LogP contribution >= 0.6 is 11.3 Å². The molecule has 110 valence electrons. The molecule has 1 fully saturated rings. The number of piperazine rings is 1. The highest BCUT2D eigenvalue weighted by Gasteiger charge is 2.20. The fraction of sp³-hybridized carbons (Fsp3) is 0.500. The lowest BCUT2D eigenvalue weighted by molar-refractivity contribution is 0.263. The van der Waals surface area contributed by atoms with Gasteiger partial charge in [-0.05, 0) is 12.5 Å². The Balaban J connectivity index is 1.76. The van der Waals surface area contributed by atoms with Crippen LogP contribution in [0.1, 0.15) is 18.2 Å². The SMILES string of the molecule is C#CCCN1CCN(c2ncnc3sc(CC)cc23)CC1. The molecule has 0 aliphatic carbocycles. The van der Waals surface area contributed by atoms with Crippen molar-refractivity contribution in [3.8, 4) is 12.3 Å². The molecule has 1 aliphatic heterocycles. The summed E-state index contributed by atoms with van der Waals surface area (Å²) >= 11 is 1.78. The van der Waals surface area contributed by atoms with Gasteiger partial charge in [0.25, 0.3) is 0 Å². The van der Waals surface area contributed by atoms with Gasteiger partial charge in [-0.3, -0.25) is 4.90 Å². The molecule has 0 radical (unpaired) electrons. The van der Waals surface area contributed by atoms with Gasteiger partial charge in [-0.2, -0.15) is 0 Å². The number of nitrogens with zero attached hydrogens (tertiary/aromatic N) is 4. The number of fused-ring (bicyclic) bond motifs is 1. The molecule has 2 aromatic heterocycles. The fourth-order valence-corrected chi connectivity index (χ4v) is 3.65. The number of terminal acetylenes is 1. The van der Waals surface area contributed by atoms with Gasteiger partial charge in [0, 0.05) is 44.0 Å². The topological polar surface area (TPSA) is 32.3 Å². The summed E-state index contributed by atoms with van der Waals surface area (Å²) in [6, 6.07) is 2.25. The summed E-state index contributed by atoms with van der Waals surface area (Å²) in [6.07, 6.45) is 8.92. The van der Waals surface area contributed by atoms with Gasteiger partial charge in [0.15, 0.2) is 0 Å². The van der Waals surface area contributed by atoms with Gasteiger partial charge in [-0.25, -0.2) is 9.97 Å². The van der Waals surface area contributed by atoms with Crippen molar-refractivity contribution >= 4 is 27.4 Å². The highest BCUT2D eigenvalue weighted by atomic mass is 32.1. The Morgan fingerprint density at radius 3 is 2.81 bits per heavy atom.